The van der Waals surface area contributed by atoms with Gasteiger partial charge >= 0.3 is 32.1 Å². The van der Waals surface area contributed by atoms with Gasteiger partial charge in [0.05, 0.1) is 0 Å². The molecule has 0 saturated heterocycles. The molecule has 0 spiro atoms. The summed E-state index contributed by atoms with van der Waals surface area (Å²) in [6, 6.07) is 0. The Morgan fingerprint density at radius 1 is 1.17 bits per heavy atom. The van der Waals surface area contributed by atoms with Crippen LogP contribution in [0.3, 0.4) is 0 Å². The number of hydrogen-bond donors (Lipinski definition) is 2. The van der Waals surface area contributed by atoms with E-state index in [-0.39, 0.29) is 17.1 Å². The summed E-state index contributed by atoms with van der Waals surface area (Å²) < 4.78 is 32.0. The molecule has 6 heavy (non-hydrogen) atoms. The molecule has 0 aliphatic carbocycles. The third-order valence-electron chi connectivity index (χ3n) is 0. The summed E-state index contributed by atoms with van der Waals surface area (Å²) in [5, 5.41) is 0. The van der Waals surface area contributed by atoms with Crippen molar-refractivity contribution in [3.8, 4) is 0 Å². The molecule has 0 aliphatic heterocycles. The first kappa shape index (κ1) is 9.95. The summed E-state index contributed by atoms with van der Waals surface area (Å²) in [6.45, 7) is 0. The fourth-order valence-electron chi connectivity index (χ4n) is 0. The van der Waals surface area contributed by atoms with Crippen molar-refractivity contribution in [1.29, 1.82) is 0 Å². The number of hydrogen-bond acceptors (Lipinski definition) is 2. The van der Waals surface area contributed by atoms with Gasteiger partial charge in [0.25, 0.3) is 0 Å². The molecule has 0 fully saturated rings. The van der Waals surface area contributed by atoms with Crippen LogP contribution in [-0.2, 0) is 23.3 Å². The summed E-state index contributed by atoms with van der Waals surface area (Å²) in [4.78, 5) is 0. The molecule has 2 N–H and O–H groups in total. The summed E-state index contributed by atoms with van der Waals surface area (Å²) in [5.41, 5.74) is 0. The van der Waals surface area contributed by atoms with Gasteiger partial charge in [-0.1, -0.05) is 0 Å². The third-order valence-corrected chi connectivity index (χ3v) is 0. The van der Waals surface area contributed by atoms with Crippen LogP contribution in [0.5, 0.6) is 0 Å². The van der Waals surface area contributed by atoms with Crippen molar-refractivity contribution in [2.24, 2.45) is 0 Å². The van der Waals surface area contributed by atoms with E-state index < -0.39 is 19.0 Å². The molecule has 0 rings (SSSR count). The maximum absolute atomic E-state index is 8.85. The van der Waals surface area contributed by atoms with E-state index in [2.05, 4.69) is 0 Å². The van der Waals surface area contributed by atoms with Crippen LogP contribution < -0.4 is 0 Å². The van der Waals surface area contributed by atoms with Crippen molar-refractivity contribution in [2.75, 3.05) is 0 Å². The van der Waals surface area contributed by atoms with Gasteiger partial charge in [-0.05, 0) is 0 Å². The molecule has 0 saturated carbocycles. The van der Waals surface area contributed by atoms with Gasteiger partial charge in [-0.3, -0.25) is 0 Å². The maximum Gasteiger partial charge on any atom is 0 e. The minimum absolute atomic E-state index is 0. The molecular formula is H2CuO4Te. The van der Waals surface area contributed by atoms with Gasteiger partial charge in [0.2, 0.25) is 0 Å². The van der Waals surface area contributed by atoms with Crippen LogP contribution in [0, 0.1) is 0 Å². The van der Waals surface area contributed by atoms with E-state index in [1.807, 2.05) is 0 Å². The average molecular weight is 257 g/mol. The van der Waals surface area contributed by atoms with Crippen molar-refractivity contribution < 1.29 is 30.2 Å². The molecule has 4 nitrogen and oxygen atoms in total. The summed E-state index contributed by atoms with van der Waals surface area (Å²) in [6.07, 6.45) is 0. The van der Waals surface area contributed by atoms with Crippen molar-refractivity contribution in [3.05, 3.63) is 0 Å². The Morgan fingerprint density at radius 3 is 1.17 bits per heavy atom. The molecule has 0 bridgehead atoms. The summed E-state index contributed by atoms with van der Waals surface area (Å²) >= 11 is -5.52. The van der Waals surface area contributed by atoms with Crippen LogP contribution in [0.15, 0.2) is 0 Å². The summed E-state index contributed by atoms with van der Waals surface area (Å²) in [7, 11) is 0. The quantitative estimate of drug-likeness (QED) is 0.505. The maximum atomic E-state index is 8.85. The normalized spacial score (nSPS) is 9.67. The Bertz CT molecular complexity index is 90.7. The standard InChI is InChI=1S/Cu.H2O4Te/c;1-5(2,3)4/h;(H2,1,2,3,4). The van der Waals surface area contributed by atoms with Gasteiger partial charge < -0.3 is 0 Å². The van der Waals surface area contributed by atoms with E-state index in [0.717, 1.165) is 0 Å². The first-order chi connectivity index (χ1) is 2.00. The SMILES string of the molecule is O=[Te](=O)(O)O.[Cu]. The minimum Gasteiger partial charge on any atom is 0 e. The van der Waals surface area contributed by atoms with Gasteiger partial charge in [0.15, 0.2) is 0 Å². The first-order valence-corrected chi connectivity index (χ1v) is 4.69. The van der Waals surface area contributed by atoms with Gasteiger partial charge in [-0.25, -0.2) is 0 Å². The van der Waals surface area contributed by atoms with Gasteiger partial charge in [0.1, 0.15) is 0 Å². The molecule has 1 radical (unpaired) electrons. The van der Waals surface area contributed by atoms with Crippen LogP contribution in [0.2, 0.25) is 0 Å². The second-order valence-corrected chi connectivity index (χ2v) is 3.00. The van der Waals surface area contributed by atoms with Gasteiger partial charge in [-0.15, -0.1) is 0 Å². The van der Waals surface area contributed by atoms with Crippen molar-refractivity contribution in [3.63, 3.8) is 0 Å². The zero-order valence-electron chi connectivity index (χ0n) is 2.42. The van der Waals surface area contributed by atoms with Crippen LogP contribution in [-0.4, -0.2) is 25.9 Å². The average Bonchev–Trinajstić information content (AvgIpc) is 0.722. The molecule has 0 atom stereocenters. The third kappa shape index (κ3) is 103. The van der Waals surface area contributed by atoms with E-state index in [1.54, 1.807) is 0 Å². The van der Waals surface area contributed by atoms with Gasteiger partial charge in [-0.2, -0.15) is 0 Å². The Kier molecular flexibility index (Phi) is 4.83. The largest absolute Gasteiger partial charge is 0 e. The molecule has 0 aromatic carbocycles. The predicted molar refractivity (Wildman–Crippen MR) is 11.6 cm³/mol. The van der Waals surface area contributed by atoms with Crippen LogP contribution >= 0.6 is 0 Å². The van der Waals surface area contributed by atoms with E-state index >= 15 is 0 Å². The molecule has 0 aliphatic rings. The van der Waals surface area contributed by atoms with Gasteiger partial charge in [0, 0.05) is 17.1 Å². The van der Waals surface area contributed by atoms with E-state index in [4.69, 9.17) is 13.2 Å². The van der Waals surface area contributed by atoms with Crippen LogP contribution in [0.4, 0.5) is 0 Å². The predicted octanol–water partition coefficient (Wildman–Crippen LogP) is -1.73. The van der Waals surface area contributed by atoms with E-state index in [0.29, 0.717) is 0 Å². The molecule has 0 amide bonds. The first-order valence-electron chi connectivity index (χ1n) is 0.698. The monoisotopic (exact) mass is 259 g/mol. The van der Waals surface area contributed by atoms with Crippen LogP contribution in [0.25, 0.3) is 0 Å². The fraction of sp³-hybridized carbons (Fsp3) is 0. The smallest absolute Gasteiger partial charge is 0 e. The zero-order chi connectivity index (χ0) is 4.50. The Labute approximate surface area is 49.3 Å². The second-order valence-electron chi connectivity index (χ2n) is 0.448. The fourth-order valence-corrected chi connectivity index (χ4v) is 0. The molecule has 0 heterocycles. The molecule has 43 valence electrons. The Balaban J connectivity index is 0. The van der Waals surface area contributed by atoms with Crippen molar-refractivity contribution in [2.45, 2.75) is 0 Å². The van der Waals surface area contributed by atoms with Crippen LogP contribution in [0.1, 0.15) is 0 Å². The molecule has 6 heteroatoms. The molecule has 0 unspecified atom stereocenters. The Hall–Kier alpha value is 0.829. The summed E-state index contributed by atoms with van der Waals surface area (Å²) in [5.74, 6) is 0. The molecular weight excluding hydrogens is 255 g/mol. The molecule has 0 aromatic heterocycles. The van der Waals surface area contributed by atoms with Crippen molar-refractivity contribution >= 4 is 19.0 Å². The minimum atomic E-state index is -5.52. The van der Waals surface area contributed by atoms with E-state index in [9.17, 15) is 0 Å². The Morgan fingerprint density at radius 2 is 1.17 bits per heavy atom. The molecule has 0 aromatic rings. The second kappa shape index (κ2) is 2.91. The van der Waals surface area contributed by atoms with Crippen molar-refractivity contribution in [1.82, 2.24) is 0 Å². The number of rotatable bonds is 0. The topological polar surface area (TPSA) is 74.6 Å². The zero-order valence-corrected chi connectivity index (χ0v) is 5.69. The van der Waals surface area contributed by atoms with E-state index in [1.165, 1.54) is 0 Å².